The van der Waals surface area contributed by atoms with Crippen molar-refractivity contribution < 1.29 is 13.3 Å². The van der Waals surface area contributed by atoms with Crippen LogP contribution in [0.25, 0.3) is 0 Å². The zero-order valence-corrected chi connectivity index (χ0v) is 11.8. The quantitative estimate of drug-likeness (QED) is 0.613. The smallest absolute Gasteiger partial charge is 0.258 e. The first-order valence-corrected chi connectivity index (χ1v) is 7.72. The van der Waals surface area contributed by atoms with Crippen LogP contribution in [0.2, 0.25) is 0 Å². The standard InChI is InChI=1S/C12H18N2O4S/c1-3-7-19(17,18)13-9-10(2)11-5-4-6-12(8-11)14(15)16/h4-6,8,10,13H,3,7,9H2,1-2H3/t10-/m0/s1. The van der Waals surface area contributed by atoms with E-state index in [-0.39, 0.29) is 23.9 Å². The van der Waals surface area contributed by atoms with Gasteiger partial charge in [0.05, 0.1) is 10.7 Å². The highest BCUT2D eigenvalue weighted by Crippen LogP contribution is 2.20. The van der Waals surface area contributed by atoms with Crippen molar-refractivity contribution in [2.45, 2.75) is 26.2 Å². The molecule has 0 unspecified atom stereocenters. The van der Waals surface area contributed by atoms with Crippen LogP contribution in [0.5, 0.6) is 0 Å². The van der Waals surface area contributed by atoms with Crippen molar-refractivity contribution >= 4 is 15.7 Å². The number of hydrogen-bond acceptors (Lipinski definition) is 4. The van der Waals surface area contributed by atoms with Crippen LogP contribution in [-0.4, -0.2) is 25.6 Å². The number of nitro groups is 1. The summed E-state index contributed by atoms with van der Waals surface area (Å²) in [4.78, 5) is 10.2. The fraction of sp³-hybridized carbons (Fsp3) is 0.500. The summed E-state index contributed by atoms with van der Waals surface area (Å²) in [5, 5.41) is 10.7. The van der Waals surface area contributed by atoms with Crippen LogP contribution < -0.4 is 4.72 Å². The van der Waals surface area contributed by atoms with Crippen molar-refractivity contribution in [2.75, 3.05) is 12.3 Å². The van der Waals surface area contributed by atoms with Crippen molar-refractivity contribution in [3.63, 3.8) is 0 Å². The summed E-state index contributed by atoms with van der Waals surface area (Å²) in [7, 11) is -3.25. The van der Waals surface area contributed by atoms with E-state index in [2.05, 4.69) is 4.72 Å². The second-order valence-corrected chi connectivity index (χ2v) is 6.35. The van der Waals surface area contributed by atoms with Gasteiger partial charge in [0.2, 0.25) is 10.0 Å². The number of non-ortho nitro benzene ring substituents is 1. The van der Waals surface area contributed by atoms with Crippen molar-refractivity contribution in [1.82, 2.24) is 4.72 Å². The number of nitrogens with one attached hydrogen (secondary N) is 1. The van der Waals surface area contributed by atoms with E-state index < -0.39 is 14.9 Å². The molecule has 0 saturated heterocycles. The summed E-state index contributed by atoms with van der Waals surface area (Å²) < 4.78 is 25.6. The minimum atomic E-state index is -3.25. The lowest BCUT2D eigenvalue weighted by Gasteiger charge is -2.13. The molecule has 1 N–H and O–H groups in total. The van der Waals surface area contributed by atoms with Gasteiger partial charge in [-0.3, -0.25) is 10.1 Å². The summed E-state index contributed by atoms with van der Waals surface area (Å²) in [5.74, 6) is -0.0270. The van der Waals surface area contributed by atoms with Gasteiger partial charge in [0, 0.05) is 18.7 Å². The highest BCUT2D eigenvalue weighted by molar-refractivity contribution is 7.89. The van der Waals surface area contributed by atoms with E-state index in [4.69, 9.17) is 0 Å². The van der Waals surface area contributed by atoms with Crippen molar-refractivity contribution in [3.05, 3.63) is 39.9 Å². The molecule has 0 radical (unpaired) electrons. The summed E-state index contributed by atoms with van der Waals surface area (Å²) in [6, 6.07) is 6.24. The van der Waals surface area contributed by atoms with Gasteiger partial charge in [0.1, 0.15) is 0 Å². The van der Waals surface area contributed by atoms with Gasteiger partial charge in [-0.05, 0) is 17.9 Å². The minimum Gasteiger partial charge on any atom is -0.258 e. The predicted octanol–water partition coefficient (Wildman–Crippen LogP) is 2.03. The topological polar surface area (TPSA) is 89.3 Å². The highest BCUT2D eigenvalue weighted by atomic mass is 32.2. The van der Waals surface area contributed by atoms with Gasteiger partial charge in [0.15, 0.2) is 0 Å². The van der Waals surface area contributed by atoms with Crippen molar-refractivity contribution in [2.24, 2.45) is 0 Å². The molecule has 1 aromatic carbocycles. The first kappa shape index (κ1) is 15.6. The largest absolute Gasteiger partial charge is 0.269 e. The second-order valence-electron chi connectivity index (χ2n) is 4.42. The third-order valence-electron chi connectivity index (χ3n) is 2.73. The third-order valence-corrected chi connectivity index (χ3v) is 4.28. The minimum absolute atomic E-state index is 0.0146. The third kappa shape index (κ3) is 4.96. The van der Waals surface area contributed by atoms with Gasteiger partial charge in [-0.1, -0.05) is 26.0 Å². The van der Waals surface area contributed by atoms with Crippen molar-refractivity contribution in [1.29, 1.82) is 0 Å². The molecule has 0 aromatic heterocycles. The Morgan fingerprint density at radius 3 is 2.68 bits per heavy atom. The van der Waals surface area contributed by atoms with Crippen LogP contribution >= 0.6 is 0 Å². The number of rotatable bonds is 7. The first-order valence-electron chi connectivity index (χ1n) is 6.07. The lowest BCUT2D eigenvalue weighted by molar-refractivity contribution is -0.384. The molecule has 0 aliphatic heterocycles. The molecule has 0 fully saturated rings. The zero-order chi connectivity index (χ0) is 14.5. The van der Waals surface area contributed by atoms with Crippen LogP contribution in [0.15, 0.2) is 24.3 Å². The number of hydrogen-bond donors (Lipinski definition) is 1. The molecule has 0 aliphatic carbocycles. The van der Waals surface area contributed by atoms with Gasteiger partial charge < -0.3 is 0 Å². The van der Waals surface area contributed by atoms with Gasteiger partial charge in [0.25, 0.3) is 5.69 Å². The average molecular weight is 286 g/mol. The summed E-state index contributed by atoms with van der Waals surface area (Å²) in [6.07, 6.45) is 0.556. The second kappa shape index (κ2) is 6.63. The molecule has 0 amide bonds. The monoisotopic (exact) mass is 286 g/mol. The molecule has 0 spiro atoms. The molecule has 0 bridgehead atoms. The molecule has 6 nitrogen and oxygen atoms in total. The summed E-state index contributed by atoms with van der Waals surface area (Å²) >= 11 is 0. The molecular weight excluding hydrogens is 268 g/mol. The van der Waals surface area contributed by atoms with Crippen LogP contribution in [0, 0.1) is 10.1 Å². The molecule has 19 heavy (non-hydrogen) atoms. The number of nitrogens with zero attached hydrogens (tertiary/aromatic N) is 1. The highest BCUT2D eigenvalue weighted by Gasteiger charge is 2.14. The van der Waals surface area contributed by atoms with Crippen LogP contribution in [0.3, 0.4) is 0 Å². The fourth-order valence-electron chi connectivity index (χ4n) is 1.66. The maximum atomic E-state index is 11.5. The SMILES string of the molecule is CCCS(=O)(=O)NC[C@H](C)c1cccc([N+](=O)[O-])c1. The van der Waals surface area contributed by atoms with E-state index in [1.807, 2.05) is 6.92 Å². The lowest BCUT2D eigenvalue weighted by Crippen LogP contribution is -2.29. The van der Waals surface area contributed by atoms with E-state index in [9.17, 15) is 18.5 Å². The van der Waals surface area contributed by atoms with Crippen LogP contribution in [-0.2, 0) is 10.0 Å². The van der Waals surface area contributed by atoms with E-state index in [0.717, 1.165) is 5.56 Å². The molecule has 0 aliphatic rings. The predicted molar refractivity (Wildman–Crippen MR) is 73.6 cm³/mol. The van der Waals surface area contributed by atoms with E-state index >= 15 is 0 Å². The molecule has 7 heteroatoms. The van der Waals surface area contributed by atoms with Crippen LogP contribution in [0.1, 0.15) is 31.7 Å². The molecule has 0 heterocycles. The maximum Gasteiger partial charge on any atom is 0.269 e. The Labute approximate surface area is 113 Å². The van der Waals surface area contributed by atoms with E-state index in [1.54, 1.807) is 19.1 Å². The summed E-state index contributed by atoms with van der Waals surface area (Å²) in [5.41, 5.74) is 0.758. The Bertz CT molecular complexity index is 542. The molecule has 1 atom stereocenters. The Hall–Kier alpha value is -1.47. The molecular formula is C12H18N2O4S. The molecule has 106 valence electrons. The van der Waals surface area contributed by atoms with Crippen LogP contribution in [0.4, 0.5) is 5.69 Å². The molecule has 1 aromatic rings. The number of sulfonamides is 1. The number of benzene rings is 1. The maximum absolute atomic E-state index is 11.5. The normalized spacial score (nSPS) is 13.2. The van der Waals surface area contributed by atoms with Gasteiger partial charge in [-0.15, -0.1) is 0 Å². The fourth-order valence-corrected chi connectivity index (χ4v) is 2.84. The Morgan fingerprint density at radius 2 is 2.11 bits per heavy atom. The number of nitro benzene ring substituents is 1. The Kier molecular flexibility index (Phi) is 5.44. The molecule has 0 saturated carbocycles. The van der Waals surface area contributed by atoms with Gasteiger partial charge in [-0.25, -0.2) is 13.1 Å². The van der Waals surface area contributed by atoms with E-state index in [1.165, 1.54) is 12.1 Å². The van der Waals surface area contributed by atoms with Gasteiger partial charge in [-0.2, -0.15) is 0 Å². The lowest BCUT2D eigenvalue weighted by atomic mass is 10.0. The van der Waals surface area contributed by atoms with Gasteiger partial charge >= 0.3 is 0 Å². The summed E-state index contributed by atoms with van der Waals surface area (Å²) in [6.45, 7) is 3.86. The average Bonchev–Trinajstić information content (AvgIpc) is 2.36. The first-order chi connectivity index (χ1) is 8.85. The van der Waals surface area contributed by atoms with E-state index in [0.29, 0.717) is 6.42 Å². The Morgan fingerprint density at radius 1 is 1.42 bits per heavy atom. The zero-order valence-electron chi connectivity index (χ0n) is 11.0. The van der Waals surface area contributed by atoms with Crippen molar-refractivity contribution in [3.8, 4) is 0 Å². The Balaban J connectivity index is 2.71. The molecule has 1 rings (SSSR count).